The fraction of sp³-hybridized carbons (Fsp3) is 0.842. The number of carbonyl (C=O) groups excluding carboxylic acids is 1. The van der Waals surface area contributed by atoms with Crippen LogP contribution in [0.25, 0.3) is 0 Å². The van der Waals surface area contributed by atoms with Gasteiger partial charge in [0, 0.05) is 20.6 Å². The molecule has 0 fully saturated rings. The largest absolute Gasteiger partial charge is 0.340 e. The van der Waals surface area contributed by atoms with Crippen LogP contribution < -0.4 is 0 Å². The second-order valence-electron chi connectivity index (χ2n) is 6.90. The zero-order valence-electron chi connectivity index (χ0n) is 16.5. The Morgan fingerprint density at radius 2 is 1.71 bits per heavy atom. The van der Waals surface area contributed by atoms with Crippen LogP contribution in [0.1, 0.15) is 79.1 Å². The molecule has 0 aromatic carbocycles. The molecule has 0 aliphatic heterocycles. The summed E-state index contributed by atoms with van der Waals surface area (Å²) in [6, 6.07) is 0. The van der Waals surface area contributed by atoms with E-state index >= 15 is 0 Å². The van der Waals surface area contributed by atoms with Gasteiger partial charge in [0.1, 0.15) is 11.4 Å². The lowest BCUT2D eigenvalue weighted by atomic mass is 9.96. The third-order valence-corrected chi connectivity index (χ3v) is 6.68. The molecule has 0 saturated carbocycles. The van der Waals surface area contributed by atoms with E-state index in [2.05, 4.69) is 33.8 Å². The molecule has 1 unspecified atom stereocenters. The van der Waals surface area contributed by atoms with E-state index in [1.807, 2.05) is 0 Å². The van der Waals surface area contributed by atoms with Crippen molar-refractivity contribution in [1.82, 2.24) is 0 Å². The number of allylic oxidation sites excluding steroid dienone is 2. The first-order valence-electron chi connectivity index (χ1n) is 9.17. The van der Waals surface area contributed by atoms with Gasteiger partial charge in [0.15, 0.2) is 0 Å². The Labute approximate surface area is 148 Å². The molecule has 0 radical (unpaired) electrons. The highest BCUT2D eigenvalue weighted by atomic mass is 31.2. The smallest absolute Gasteiger partial charge is 0.311 e. The van der Waals surface area contributed by atoms with Gasteiger partial charge in [0.2, 0.25) is 0 Å². The van der Waals surface area contributed by atoms with E-state index in [4.69, 9.17) is 9.05 Å². The van der Waals surface area contributed by atoms with E-state index < -0.39 is 13.3 Å². The van der Waals surface area contributed by atoms with E-state index in [0.717, 1.165) is 38.5 Å². The molecule has 0 aliphatic rings. The Hall–Kier alpha value is -0.440. The summed E-state index contributed by atoms with van der Waals surface area (Å²) in [4.78, 5) is 12.7. The van der Waals surface area contributed by atoms with Gasteiger partial charge in [0.25, 0.3) is 0 Å². The Morgan fingerprint density at radius 1 is 1.08 bits per heavy atom. The highest BCUT2D eigenvalue weighted by molar-refractivity contribution is 7.55. The minimum atomic E-state index is -3.36. The monoisotopic (exact) mass is 360 g/mol. The van der Waals surface area contributed by atoms with E-state index in [0.29, 0.717) is 12.8 Å². The lowest BCUT2D eigenvalue weighted by molar-refractivity contribution is -0.120. The van der Waals surface area contributed by atoms with Crippen molar-refractivity contribution >= 4 is 13.4 Å². The number of ketones is 1. The van der Waals surface area contributed by atoms with Crippen LogP contribution in [0, 0.1) is 5.92 Å². The van der Waals surface area contributed by atoms with Crippen molar-refractivity contribution in [3.63, 3.8) is 0 Å². The Morgan fingerprint density at radius 3 is 2.21 bits per heavy atom. The summed E-state index contributed by atoms with van der Waals surface area (Å²) >= 11 is 0. The topological polar surface area (TPSA) is 52.6 Å². The van der Waals surface area contributed by atoms with E-state index in [1.54, 1.807) is 0 Å². The van der Waals surface area contributed by atoms with Gasteiger partial charge in [-0.15, -0.1) is 0 Å². The van der Waals surface area contributed by atoms with Crippen molar-refractivity contribution in [3.8, 4) is 0 Å². The molecule has 0 N–H and O–H groups in total. The van der Waals surface area contributed by atoms with Gasteiger partial charge in [-0.3, -0.25) is 9.36 Å². The molecule has 0 amide bonds. The van der Waals surface area contributed by atoms with Gasteiger partial charge in [0.05, 0.1) is 0 Å². The van der Waals surface area contributed by atoms with Crippen LogP contribution in [-0.4, -0.2) is 25.7 Å². The van der Waals surface area contributed by atoms with Crippen molar-refractivity contribution in [2.75, 3.05) is 14.2 Å². The highest BCUT2D eigenvalue weighted by Gasteiger charge is 2.39. The number of carbonyl (C=O) groups is 1. The van der Waals surface area contributed by atoms with Gasteiger partial charge in [-0.05, 0) is 39.0 Å². The minimum Gasteiger partial charge on any atom is -0.311 e. The molecule has 24 heavy (non-hydrogen) atoms. The average Bonchev–Trinajstić information content (AvgIpc) is 2.53. The first kappa shape index (κ1) is 23.6. The zero-order chi connectivity index (χ0) is 18.6. The average molecular weight is 360 g/mol. The summed E-state index contributed by atoms with van der Waals surface area (Å²) in [5.74, 6) is 0.289. The van der Waals surface area contributed by atoms with Crippen LogP contribution in [0.5, 0.6) is 0 Å². The van der Waals surface area contributed by atoms with Crippen molar-refractivity contribution in [1.29, 1.82) is 0 Å². The predicted molar refractivity (Wildman–Crippen MR) is 102 cm³/mol. The first-order chi connectivity index (χ1) is 11.3. The number of rotatable bonds is 14. The third-order valence-electron chi connectivity index (χ3n) is 4.36. The second kappa shape index (κ2) is 12.9. The predicted octanol–water partition coefficient (Wildman–Crippen LogP) is 6.15. The molecule has 2 atom stereocenters. The summed E-state index contributed by atoms with van der Waals surface area (Å²) in [7, 11) is -0.616. The molecule has 0 aliphatic carbocycles. The number of hydrogen-bond donors (Lipinski definition) is 0. The van der Waals surface area contributed by atoms with Gasteiger partial charge in [-0.25, -0.2) is 0 Å². The normalized spacial score (nSPS) is 14.2. The summed E-state index contributed by atoms with van der Waals surface area (Å²) < 4.78 is 23.0. The van der Waals surface area contributed by atoms with Crippen LogP contribution in [0.2, 0.25) is 0 Å². The Balaban J connectivity index is 4.77. The van der Waals surface area contributed by atoms with Gasteiger partial charge < -0.3 is 9.05 Å². The number of Topliss-reactive ketones (excluding diaryl/α,β-unsaturated/α-hetero) is 1. The van der Waals surface area contributed by atoms with Crippen LogP contribution >= 0.6 is 7.60 Å². The van der Waals surface area contributed by atoms with Crippen molar-refractivity contribution in [2.45, 2.75) is 84.7 Å². The molecule has 4 nitrogen and oxygen atoms in total. The van der Waals surface area contributed by atoms with Crippen LogP contribution in [0.4, 0.5) is 0 Å². The second-order valence-corrected chi connectivity index (χ2v) is 9.34. The zero-order valence-corrected chi connectivity index (χ0v) is 17.4. The van der Waals surface area contributed by atoms with Crippen LogP contribution in [-0.2, 0) is 18.4 Å². The molecular weight excluding hydrogens is 323 g/mol. The quantitative estimate of drug-likeness (QED) is 0.212. The lowest BCUT2D eigenvalue weighted by Gasteiger charge is -2.24. The Kier molecular flexibility index (Phi) is 12.6. The maximum atomic E-state index is 12.8. The summed E-state index contributed by atoms with van der Waals surface area (Å²) in [5.41, 5.74) is 0.667. The molecule has 0 bridgehead atoms. The fourth-order valence-electron chi connectivity index (χ4n) is 2.83. The maximum absolute atomic E-state index is 12.8. The molecule has 5 heteroatoms. The fourth-order valence-corrected chi connectivity index (χ4v) is 4.44. The molecule has 0 saturated heterocycles. The summed E-state index contributed by atoms with van der Waals surface area (Å²) in [6.45, 7) is 8.38. The van der Waals surface area contributed by atoms with Crippen LogP contribution in [0.15, 0.2) is 11.6 Å². The molecule has 0 aromatic rings. The highest BCUT2D eigenvalue weighted by Crippen LogP contribution is 2.54. The molecule has 0 rings (SSSR count). The van der Waals surface area contributed by atoms with Crippen molar-refractivity contribution in [3.05, 3.63) is 11.6 Å². The van der Waals surface area contributed by atoms with Crippen LogP contribution in [0.3, 0.4) is 0 Å². The number of hydrogen-bond acceptors (Lipinski definition) is 4. The number of unbranched alkanes of at least 4 members (excludes halogenated alkanes) is 3. The van der Waals surface area contributed by atoms with Gasteiger partial charge in [-0.2, -0.15) is 0 Å². The standard InChI is InChI=1S/C19H37O4P/c1-7-8-9-10-14-19(24(21,22-5)23-6)18(20)15-17(4)13-11-12-16(2)3/h12,17,19H,7-11,13-15H2,1-6H3/t17-,19?/m1/s1. The SMILES string of the molecule is CCCCCCC(C(=O)C[C@H](C)CCC=C(C)C)P(=O)(OC)OC. The molecule has 142 valence electrons. The lowest BCUT2D eigenvalue weighted by Crippen LogP contribution is -2.24. The molecule has 0 aromatic heterocycles. The first-order valence-corrected chi connectivity index (χ1v) is 10.8. The van der Waals surface area contributed by atoms with Crippen molar-refractivity contribution < 1.29 is 18.4 Å². The van der Waals surface area contributed by atoms with Gasteiger partial charge >= 0.3 is 7.60 Å². The summed E-state index contributed by atoms with van der Waals surface area (Å²) in [6.07, 6.45) is 9.34. The Bertz CT molecular complexity index is 419. The third kappa shape index (κ3) is 9.15. The van der Waals surface area contributed by atoms with Crippen molar-refractivity contribution in [2.24, 2.45) is 5.92 Å². The van der Waals surface area contributed by atoms with E-state index in [-0.39, 0.29) is 11.7 Å². The molecular formula is C19H37O4P. The molecule has 0 heterocycles. The molecule has 0 spiro atoms. The minimum absolute atomic E-state index is 0.0169. The maximum Gasteiger partial charge on any atom is 0.340 e. The van der Waals surface area contributed by atoms with E-state index in [1.165, 1.54) is 19.8 Å². The van der Waals surface area contributed by atoms with E-state index in [9.17, 15) is 9.36 Å². The van der Waals surface area contributed by atoms with Gasteiger partial charge in [-0.1, -0.05) is 51.2 Å². The summed E-state index contributed by atoms with van der Waals surface area (Å²) in [5, 5.41) is 0.